The number of rotatable bonds is 14. The van der Waals surface area contributed by atoms with Gasteiger partial charge in [0.2, 0.25) is 0 Å². The van der Waals surface area contributed by atoms with Crippen molar-refractivity contribution in [1.82, 2.24) is 9.80 Å². The average Bonchev–Trinajstić information content (AvgIpc) is 2.58. The number of hydrogen-bond acceptors (Lipinski definition) is 6. The van der Waals surface area contributed by atoms with Crippen molar-refractivity contribution in [1.29, 1.82) is 0 Å². The molecule has 0 N–H and O–H groups in total. The molecule has 0 aromatic heterocycles. The Hall–Kier alpha value is -1.14. The van der Waals surface area contributed by atoms with E-state index in [4.69, 9.17) is 9.47 Å². The second-order valence-corrected chi connectivity index (χ2v) is 9.28. The number of nitrogens with zero attached hydrogens (tertiary/aromatic N) is 2. The molecule has 0 saturated heterocycles. The van der Waals surface area contributed by atoms with Gasteiger partial charge in [-0.2, -0.15) is 0 Å². The highest BCUT2D eigenvalue weighted by atomic mass is 16.5. The molecular formula is C23H46N2O4. The highest BCUT2D eigenvalue weighted by Gasteiger charge is 2.31. The van der Waals surface area contributed by atoms with Gasteiger partial charge in [0.05, 0.1) is 6.10 Å². The largest absolute Gasteiger partial charge is 0.462 e. The minimum atomic E-state index is -0.286. The molecule has 0 rings (SSSR count). The summed E-state index contributed by atoms with van der Waals surface area (Å²) < 4.78 is 11.2. The lowest BCUT2D eigenvalue weighted by molar-refractivity contribution is -0.158. The van der Waals surface area contributed by atoms with Crippen LogP contribution in [-0.4, -0.2) is 73.7 Å². The van der Waals surface area contributed by atoms with Crippen molar-refractivity contribution in [2.45, 2.75) is 98.4 Å². The Bertz CT molecular complexity index is 479. The van der Waals surface area contributed by atoms with Crippen LogP contribution in [0.25, 0.3) is 0 Å². The van der Waals surface area contributed by atoms with Crippen molar-refractivity contribution in [2.24, 2.45) is 11.8 Å². The molecule has 0 aliphatic carbocycles. The summed E-state index contributed by atoms with van der Waals surface area (Å²) in [5, 5.41) is 0. The van der Waals surface area contributed by atoms with Crippen LogP contribution in [-0.2, 0) is 19.1 Å². The molecule has 0 aromatic rings. The zero-order valence-corrected chi connectivity index (χ0v) is 20.5. The molecule has 6 heteroatoms. The van der Waals surface area contributed by atoms with E-state index in [0.29, 0.717) is 18.9 Å². The molecule has 0 amide bonds. The van der Waals surface area contributed by atoms with Crippen LogP contribution in [0.4, 0.5) is 0 Å². The molecule has 0 spiro atoms. The number of likely N-dealkylation sites (N-methyl/N-ethyl adjacent to an activating group) is 2. The maximum Gasteiger partial charge on any atom is 0.323 e. The van der Waals surface area contributed by atoms with Crippen molar-refractivity contribution in [3.8, 4) is 0 Å². The van der Waals surface area contributed by atoms with Gasteiger partial charge < -0.3 is 9.47 Å². The molecule has 0 aliphatic rings. The van der Waals surface area contributed by atoms with Crippen LogP contribution in [0.3, 0.4) is 0 Å². The van der Waals surface area contributed by atoms with Gasteiger partial charge in [-0.1, -0.05) is 34.1 Å². The van der Waals surface area contributed by atoms with Gasteiger partial charge >= 0.3 is 11.9 Å². The maximum absolute atomic E-state index is 12.6. The van der Waals surface area contributed by atoms with Gasteiger partial charge in [0.1, 0.15) is 18.2 Å². The molecule has 0 bridgehead atoms. The summed E-state index contributed by atoms with van der Waals surface area (Å²) in [7, 11) is 5.78. The molecule has 6 nitrogen and oxygen atoms in total. The summed E-state index contributed by atoms with van der Waals surface area (Å²) in [6, 6.07) is -0.502. The molecule has 0 fully saturated rings. The molecular weight excluding hydrogens is 368 g/mol. The minimum Gasteiger partial charge on any atom is -0.462 e. The molecule has 0 saturated carbocycles. The zero-order chi connectivity index (χ0) is 22.7. The van der Waals surface area contributed by atoms with Crippen LogP contribution in [0, 0.1) is 11.8 Å². The van der Waals surface area contributed by atoms with Crippen molar-refractivity contribution >= 4 is 11.9 Å². The predicted octanol–water partition coefficient (Wildman–Crippen LogP) is 3.97. The molecule has 0 aliphatic heterocycles. The summed E-state index contributed by atoms with van der Waals surface area (Å²) in [6.45, 7) is 14.8. The lowest BCUT2D eigenvalue weighted by Crippen LogP contribution is -2.46. The summed E-state index contributed by atoms with van der Waals surface area (Å²) in [6.07, 6.45) is 3.03. The Morgan fingerprint density at radius 3 is 1.86 bits per heavy atom. The van der Waals surface area contributed by atoms with Crippen molar-refractivity contribution in [3.05, 3.63) is 0 Å². The third kappa shape index (κ3) is 11.0. The van der Waals surface area contributed by atoms with E-state index in [1.807, 2.05) is 51.7 Å². The van der Waals surface area contributed by atoms with Gasteiger partial charge in [0.25, 0.3) is 0 Å². The molecule has 172 valence electrons. The summed E-state index contributed by atoms with van der Waals surface area (Å²) in [5.41, 5.74) is 0. The number of hydrogen-bond donors (Lipinski definition) is 0. The zero-order valence-electron chi connectivity index (χ0n) is 20.5. The van der Waals surface area contributed by atoms with E-state index >= 15 is 0 Å². The first-order chi connectivity index (χ1) is 13.4. The molecule has 0 radical (unpaired) electrons. The van der Waals surface area contributed by atoms with Gasteiger partial charge in [-0.15, -0.1) is 0 Å². The third-order valence-electron chi connectivity index (χ3n) is 5.37. The number of ether oxygens (including phenoxy) is 2. The normalized spacial score (nSPS) is 16.2. The first-order valence-electron chi connectivity index (χ1n) is 11.2. The Kier molecular flexibility index (Phi) is 13.4. The Labute approximate surface area is 179 Å². The number of carbonyl (C=O) groups is 2. The maximum atomic E-state index is 12.6. The summed E-state index contributed by atoms with van der Waals surface area (Å²) >= 11 is 0. The van der Waals surface area contributed by atoms with Crippen LogP contribution in [0.1, 0.15) is 74.1 Å². The summed E-state index contributed by atoms with van der Waals surface area (Å²) in [5.74, 6) is 0.406. The van der Waals surface area contributed by atoms with E-state index < -0.39 is 0 Å². The third-order valence-corrected chi connectivity index (χ3v) is 5.37. The molecule has 4 unspecified atom stereocenters. The second kappa shape index (κ2) is 14.0. The van der Waals surface area contributed by atoms with E-state index in [0.717, 1.165) is 19.3 Å². The highest BCUT2D eigenvalue weighted by Crippen LogP contribution is 2.18. The van der Waals surface area contributed by atoms with Gasteiger partial charge in [-0.05, 0) is 73.0 Å². The lowest BCUT2D eigenvalue weighted by atomic mass is 9.97. The van der Waals surface area contributed by atoms with Crippen molar-refractivity contribution in [2.75, 3.05) is 27.7 Å². The molecule has 4 atom stereocenters. The fraction of sp³-hybridized carbons (Fsp3) is 0.913. The lowest BCUT2D eigenvalue weighted by Gasteiger charge is -2.32. The fourth-order valence-corrected chi connectivity index (χ4v) is 3.31. The van der Waals surface area contributed by atoms with Gasteiger partial charge in [-0.25, -0.2) is 0 Å². The first kappa shape index (κ1) is 27.9. The Morgan fingerprint density at radius 1 is 0.828 bits per heavy atom. The van der Waals surface area contributed by atoms with Crippen LogP contribution >= 0.6 is 0 Å². The van der Waals surface area contributed by atoms with Gasteiger partial charge in [-0.3, -0.25) is 19.4 Å². The standard InChI is InChI=1S/C23H46N2O4/c1-11-18(6)21(23(27)28-17(4)5)25(10)15-14-19(7)29-22(26)20(24(8)9)13-12-16(2)3/h16-21H,11-15H2,1-10H3. The van der Waals surface area contributed by atoms with Crippen LogP contribution in [0.2, 0.25) is 0 Å². The molecule has 29 heavy (non-hydrogen) atoms. The van der Waals surface area contributed by atoms with Gasteiger partial charge in [0.15, 0.2) is 0 Å². The van der Waals surface area contributed by atoms with E-state index in [2.05, 4.69) is 27.7 Å². The van der Waals surface area contributed by atoms with Crippen molar-refractivity contribution < 1.29 is 19.1 Å². The van der Waals surface area contributed by atoms with E-state index in [1.165, 1.54) is 0 Å². The molecule has 0 aromatic carbocycles. The monoisotopic (exact) mass is 414 g/mol. The van der Waals surface area contributed by atoms with Gasteiger partial charge in [0, 0.05) is 6.54 Å². The quantitative estimate of drug-likeness (QED) is 0.401. The topological polar surface area (TPSA) is 59.1 Å². The highest BCUT2D eigenvalue weighted by molar-refractivity contribution is 5.76. The van der Waals surface area contributed by atoms with Crippen LogP contribution in [0.15, 0.2) is 0 Å². The smallest absolute Gasteiger partial charge is 0.323 e. The minimum absolute atomic E-state index is 0.129. The second-order valence-electron chi connectivity index (χ2n) is 9.28. The Morgan fingerprint density at radius 2 is 1.41 bits per heavy atom. The Balaban J connectivity index is 4.79. The fourth-order valence-electron chi connectivity index (χ4n) is 3.31. The first-order valence-corrected chi connectivity index (χ1v) is 11.2. The molecule has 0 heterocycles. The predicted molar refractivity (Wildman–Crippen MR) is 119 cm³/mol. The van der Waals surface area contributed by atoms with E-state index in [9.17, 15) is 9.59 Å². The number of carbonyl (C=O) groups excluding carboxylic acids is 2. The van der Waals surface area contributed by atoms with E-state index in [-0.39, 0.29) is 42.1 Å². The number of esters is 2. The van der Waals surface area contributed by atoms with Crippen LogP contribution in [0.5, 0.6) is 0 Å². The van der Waals surface area contributed by atoms with Crippen molar-refractivity contribution in [3.63, 3.8) is 0 Å². The average molecular weight is 415 g/mol. The summed E-state index contributed by atoms with van der Waals surface area (Å²) in [4.78, 5) is 29.1. The SMILES string of the molecule is CCC(C)C(C(=O)OC(C)C)N(C)CCC(C)OC(=O)C(CCC(C)C)N(C)C. The van der Waals surface area contributed by atoms with Crippen LogP contribution < -0.4 is 0 Å². The van der Waals surface area contributed by atoms with E-state index in [1.54, 1.807) is 0 Å².